The van der Waals surface area contributed by atoms with Gasteiger partial charge in [0.2, 0.25) is 0 Å². The Labute approximate surface area is 203 Å². The normalized spacial score (nSPS) is 18.1. The highest BCUT2D eigenvalue weighted by Crippen LogP contribution is 2.29. The Morgan fingerprint density at radius 2 is 1.59 bits per heavy atom. The van der Waals surface area contributed by atoms with Crippen molar-refractivity contribution in [2.24, 2.45) is 5.92 Å². The molecule has 1 heterocycles. The second kappa shape index (κ2) is 14.2. The lowest BCUT2D eigenvalue weighted by molar-refractivity contribution is -0.207. The van der Waals surface area contributed by atoms with Crippen molar-refractivity contribution in [3.8, 4) is 5.75 Å². The lowest BCUT2D eigenvalue weighted by atomic mass is 10.0. The van der Waals surface area contributed by atoms with E-state index in [2.05, 4.69) is 13.8 Å². The van der Waals surface area contributed by atoms with Crippen LogP contribution in [0.15, 0.2) is 42.5 Å². The minimum atomic E-state index is -0.735. The number of rotatable bonds is 13. The lowest BCUT2D eigenvalue weighted by Gasteiger charge is -2.30. The molecule has 5 heteroatoms. The SMILES string of the molecule is CCCCCCCCCC1COC(c2ccc(C(=O)Oc3ccc(CCC)cc3)cc2F)OC1. The summed E-state index contributed by atoms with van der Waals surface area (Å²) in [5.41, 5.74) is 1.66. The van der Waals surface area contributed by atoms with Gasteiger partial charge in [-0.3, -0.25) is 0 Å². The monoisotopic (exact) mass is 470 g/mol. The number of ether oxygens (including phenoxy) is 3. The van der Waals surface area contributed by atoms with E-state index in [9.17, 15) is 9.18 Å². The zero-order valence-corrected chi connectivity index (χ0v) is 20.7. The zero-order chi connectivity index (χ0) is 24.2. The van der Waals surface area contributed by atoms with Crippen LogP contribution in [0, 0.1) is 11.7 Å². The molecule has 0 aromatic heterocycles. The minimum absolute atomic E-state index is 0.159. The second-order valence-electron chi connectivity index (χ2n) is 9.29. The van der Waals surface area contributed by atoms with Crippen molar-refractivity contribution in [3.05, 3.63) is 65.0 Å². The van der Waals surface area contributed by atoms with Crippen LogP contribution in [0.2, 0.25) is 0 Å². The molecule has 2 aromatic rings. The molecule has 0 bridgehead atoms. The van der Waals surface area contributed by atoms with E-state index in [0.717, 1.165) is 19.3 Å². The number of hydrogen-bond donors (Lipinski definition) is 0. The molecule has 0 atom stereocenters. The summed E-state index contributed by atoms with van der Waals surface area (Å²) in [5, 5.41) is 0. The highest BCUT2D eigenvalue weighted by molar-refractivity contribution is 5.91. The molecule has 0 saturated carbocycles. The molecule has 0 N–H and O–H groups in total. The second-order valence-corrected chi connectivity index (χ2v) is 9.29. The minimum Gasteiger partial charge on any atom is -0.423 e. The molecule has 0 unspecified atom stereocenters. The predicted molar refractivity (Wildman–Crippen MR) is 133 cm³/mol. The fourth-order valence-corrected chi connectivity index (χ4v) is 4.30. The van der Waals surface area contributed by atoms with Gasteiger partial charge >= 0.3 is 5.97 Å². The standard InChI is InChI=1S/C29H39FO4/c1-3-5-6-7-8-9-10-12-23-20-32-29(33-21-23)26-18-15-24(19-27(26)30)28(31)34-25-16-13-22(11-4-2)14-17-25/h13-19,23,29H,3-12,20-21H2,1-2H3. The Balaban J connectivity index is 1.43. The first kappa shape index (κ1) is 26.4. The summed E-state index contributed by atoms with van der Waals surface area (Å²) in [5.74, 6) is -0.314. The third-order valence-corrected chi connectivity index (χ3v) is 6.35. The molecule has 0 spiro atoms. The first-order chi connectivity index (χ1) is 16.6. The molecule has 2 aromatic carbocycles. The molecule has 0 aliphatic carbocycles. The third kappa shape index (κ3) is 8.21. The summed E-state index contributed by atoms with van der Waals surface area (Å²) in [4.78, 5) is 12.5. The molecular formula is C29H39FO4. The number of carbonyl (C=O) groups is 1. The van der Waals surface area contributed by atoms with Crippen LogP contribution in [0.25, 0.3) is 0 Å². The van der Waals surface area contributed by atoms with Gasteiger partial charge in [-0.1, -0.05) is 83.4 Å². The van der Waals surface area contributed by atoms with Gasteiger partial charge in [-0.2, -0.15) is 0 Å². The fourth-order valence-electron chi connectivity index (χ4n) is 4.30. The van der Waals surface area contributed by atoms with E-state index in [1.54, 1.807) is 24.3 Å². The molecule has 1 saturated heterocycles. The summed E-state index contributed by atoms with van der Waals surface area (Å²) in [6.07, 6.45) is 11.4. The largest absolute Gasteiger partial charge is 0.423 e. The molecule has 0 radical (unpaired) electrons. The van der Waals surface area contributed by atoms with Crippen LogP contribution in [-0.2, 0) is 15.9 Å². The van der Waals surface area contributed by atoms with Crippen LogP contribution in [-0.4, -0.2) is 19.2 Å². The van der Waals surface area contributed by atoms with Gasteiger partial charge < -0.3 is 14.2 Å². The average Bonchev–Trinajstić information content (AvgIpc) is 2.85. The fraction of sp³-hybridized carbons (Fsp3) is 0.552. The van der Waals surface area contributed by atoms with E-state index < -0.39 is 18.1 Å². The van der Waals surface area contributed by atoms with Crippen LogP contribution in [0.5, 0.6) is 5.75 Å². The van der Waals surface area contributed by atoms with E-state index in [4.69, 9.17) is 14.2 Å². The summed E-state index contributed by atoms with van der Waals surface area (Å²) in [7, 11) is 0. The molecule has 0 amide bonds. The lowest BCUT2D eigenvalue weighted by Crippen LogP contribution is -2.27. The summed E-state index contributed by atoms with van der Waals surface area (Å²) >= 11 is 0. The Morgan fingerprint density at radius 3 is 2.24 bits per heavy atom. The Bertz CT molecular complexity index is 872. The molecule has 1 fully saturated rings. The Morgan fingerprint density at radius 1 is 0.912 bits per heavy atom. The van der Waals surface area contributed by atoms with Gasteiger partial charge in [-0.05, 0) is 42.7 Å². The zero-order valence-electron chi connectivity index (χ0n) is 20.7. The maximum Gasteiger partial charge on any atom is 0.343 e. The first-order valence-electron chi connectivity index (χ1n) is 12.9. The van der Waals surface area contributed by atoms with E-state index in [1.807, 2.05) is 12.1 Å². The molecule has 34 heavy (non-hydrogen) atoms. The van der Waals surface area contributed by atoms with Crippen LogP contribution in [0.3, 0.4) is 0 Å². The number of esters is 1. The maximum atomic E-state index is 14.8. The van der Waals surface area contributed by atoms with E-state index in [0.29, 0.717) is 30.4 Å². The molecule has 1 aliphatic heterocycles. The average molecular weight is 471 g/mol. The van der Waals surface area contributed by atoms with Crippen molar-refractivity contribution >= 4 is 5.97 Å². The van der Waals surface area contributed by atoms with Gasteiger partial charge in [0.05, 0.1) is 18.8 Å². The smallest absolute Gasteiger partial charge is 0.343 e. The Kier molecular flexibility index (Phi) is 11.0. The number of benzene rings is 2. The van der Waals surface area contributed by atoms with E-state index >= 15 is 0 Å². The first-order valence-corrected chi connectivity index (χ1v) is 12.9. The summed E-state index contributed by atoms with van der Waals surface area (Å²) < 4.78 is 31.8. The molecule has 3 rings (SSSR count). The highest BCUT2D eigenvalue weighted by Gasteiger charge is 2.26. The van der Waals surface area contributed by atoms with Gasteiger partial charge in [0.25, 0.3) is 0 Å². The van der Waals surface area contributed by atoms with Gasteiger partial charge in [0, 0.05) is 11.5 Å². The van der Waals surface area contributed by atoms with Crippen LogP contribution in [0.4, 0.5) is 4.39 Å². The van der Waals surface area contributed by atoms with Crippen molar-refractivity contribution in [1.29, 1.82) is 0 Å². The molecule has 1 aliphatic rings. The number of carbonyl (C=O) groups excluding carboxylic acids is 1. The highest BCUT2D eigenvalue weighted by atomic mass is 19.1. The van der Waals surface area contributed by atoms with Crippen molar-refractivity contribution < 1.29 is 23.4 Å². The molecule has 186 valence electrons. The Hall–Kier alpha value is -2.24. The van der Waals surface area contributed by atoms with Crippen molar-refractivity contribution in [2.45, 2.75) is 84.3 Å². The maximum absolute atomic E-state index is 14.8. The van der Waals surface area contributed by atoms with Gasteiger partial charge in [-0.15, -0.1) is 0 Å². The number of aryl methyl sites for hydroxylation is 1. The number of halogens is 1. The van der Waals surface area contributed by atoms with Crippen LogP contribution in [0.1, 0.15) is 99.4 Å². The van der Waals surface area contributed by atoms with Gasteiger partial charge in [0.1, 0.15) is 11.6 Å². The third-order valence-electron chi connectivity index (χ3n) is 6.35. The quantitative estimate of drug-likeness (QED) is 0.170. The van der Waals surface area contributed by atoms with E-state index in [-0.39, 0.29) is 5.56 Å². The van der Waals surface area contributed by atoms with Gasteiger partial charge in [-0.25, -0.2) is 9.18 Å². The topological polar surface area (TPSA) is 44.8 Å². The molecule has 4 nitrogen and oxygen atoms in total. The summed E-state index contributed by atoms with van der Waals surface area (Å²) in [6.45, 7) is 5.49. The predicted octanol–water partition coefficient (Wildman–Crippen LogP) is 7.80. The van der Waals surface area contributed by atoms with Crippen molar-refractivity contribution in [1.82, 2.24) is 0 Å². The van der Waals surface area contributed by atoms with Gasteiger partial charge in [0.15, 0.2) is 6.29 Å². The molecular weight excluding hydrogens is 431 g/mol. The van der Waals surface area contributed by atoms with Crippen molar-refractivity contribution in [3.63, 3.8) is 0 Å². The van der Waals surface area contributed by atoms with E-state index in [1.165, 1.54) is 56.6 Å². The van der Waals surface area contributed by atoms with Crippen molar-refractivity contribution in [2.75, 3.05) is 13.2 Å². The number of unbranched alkanes of at least 4 members (excludes halogenated alkanes) is 6. The number of hydrogen-bond acceptors (Lipinski definition) is 4. The van der Waals surface area contributed by atoms with Crippen LogP contribution < -0.4 is 4.74 Å². The summed E-state index contributed by atoms with van der Waals surface area (Å²) in [6, 6.07) is 11.7. The van der Waals surface area contributed by atoms with Crippen LogP contribution >= 0.6 is 0 Å².